The SMILES string of the molecule is O=C(O)c1cccc(-c2noc(C3C4CCCC43)n2)c1. The molecule has 0 amide bonds. The molecule has 0 bridgehead atoms. The smallest absolute Gasteiger partial charge is 0.335 e. The highest BCUT2D eigenvalue weighted by Crippen LogP contribution is 2.62. The molecule has 2 unspecified atom stereocenters. The maximum absolute atomic E-state index is 11.0. The minimum Gasteiger partial charge on any atom is -0.478 e. The number of aromatic nitrogens is 2. The Kier molecular flexibility index (Phi) is 2.42. The second-order valence-corrected chi connectivity index (χ2v) is 5.63. The summed E-state index contributed by atoms with van der Waals surface area (Å²) in [6, 6.07) is 6.62. The van der Waals surface area contributed by atoms with Gasteiger partial charge < -0.3 is 9.63 Å². The van der Waals surface area contributed by atoms with E-state index in [4.69, 9.17) is 9.63 Å². The lowest BCUT2D eigenvalue weighted by Gasteiger charge is -1.97. The van der Waals surface area contributed by atoms with E-state index in [2.05, 4.69) is 10.1 Å². The molecule has 2 aliphatic rings. The topological polar surface area (TPSA) is 76.2 Å². The summed E-state index contributed by atoms with van der Waals surface area (Å²) in [7, 11) is 0. The number of benzene rings is 1. The van der Waals surface area contributed by atoms with Crippen molar-refractivity contribution in [2.24, 2.45) is 11.8 Å². The van der Waals surface area contributed by atoms with Crippen molar-refractivity contribution in [3.63, 3.8) is 0 Å². The molecule has 1 N–H and O–H groups in total. The number of fused-ring (bicyclic) bond motifs is 1. The van der Waals surface area contributed by atoms with Gasteiger partial charge in [-0.1, -0.05) is 23.7 Å². The summed E-state index contributed by atoms with van der Waals surface area (Å²) in [6.07, 6.45) is 3.84. The molecular weight excluding hydrogens is 256 g/mol. The van der Waals surface area contributed by atoms with Crippen molar-refractivity contribution in [1.29, 1.82) is 0 Å². The number of carboxylic acid groups (broad SMARTS) is 1. The van der Waals surface area contributed by atoms with E-state index in [0.717, 1.165) is 17.7 Å². The standard InChI is InChI=1S/C15H14N2O3/c18-15(19)9-4-1-3-8(7-9)13-16-14(20-17-13)12-10-5-2-6-11(10)12/h1,3-4,7,10-12H,2,5-6H2,(H,18,19). The number of aromatic carboxylic acids is 1. The van der Waals surface area contributed by atoms with Crippen LogP contribution in [0.1, 0.15) is 41.4 Å². The van der Waals surface area contributed by atoms with Gasteiger partial charge in [0.05, 0.1) is 5.56 Å². The molecule has 2 atom stereocenters. The number of rotatable bonds is 3. The number of nitrogens with zero attached hydrogens (tertiary/aromatic N) is 2. The summed E-state index contributed by atoms with van der Waals surface area (Å²) in [5, 5.41) is 13.0. The maximum Gasteiger partial charge on any atom is 0.335 e. The van der Waals surface area contributed by atoms with Crippen LogP contribution in [0.3, 0.4) is 0 Å². The molecule has 2 aromatic rings. The first-order chi connectivity index (χ1) is 9.74. The quantitative estimate of drug-likeness (QED) is 0.927. The molecule has 2 aliphatic carbocycles. The molecule has 1 aromatic heterocycles. The van der Waals surface area contributed by atoms with Gasteiger partial charge in [0.1, 0.15) is 0 Å². The Hall–Kier alpha value is -2.17. The van der Waals surface area contributed by atoms with E-state index in [1.54, 1.807) is 24.3 Å². The highest BCUT2D eigenvalue weighted by molar-refractivity contribution is 5.89. The summed E-state index contributed by atoms with van der Waals surface area (Å²) in [5.41, 5.74) is 0.919. The molecule has 4 rings (SSSR count). The molecule has 20 heavy (non-hydrogen) atoms. The van der Waals surface area contributed by atoms with Crippen molar-refractivity contribution in [1.82, 2.24) is 10.1 Å². The second kappa shape index (κ2) is 4.16. The molecule has 1 aromatic carbocycles. The van der Waals surface area contributed by atoms with E-state index in [-0.39, 0.29) is 5.56 Å². The van der Waals surface area contributed by atoms with Crippen molar-refractivity contribution in [2.75, 3.05) is 0 Å². The van der Waals surface area contributed by atoms with E-state index in [9.17, 15) is 4.79 Å². The third-order valence-corrected chi connectivity index (χ3v) is 4.50. The Morgan fingerprint density at radius 2 is 2.10 bits per heavy atom. The van der Waals surface area contributed by atoms with Crippen molar-refractivity contribution in [2.45, 2.75) is 25.2 Å². The first-order valence-corrected chi connectivity index (χ1v) is 6.91. The van der Waals surface area contributed by atoms with Gasteiger partial charge >= 0.3 is 5.97 Å². The first-order valence-electron chi connectivity index (χ1n) is 6.91. The average molecular weight is 270 g/mol. The largest absolute Gasteiger partial charge is 0.478 e. The van der Waals surface area contributed by atoms with Crippen LogP contribution in [-0.4, -0.2) is 21.2 Å². The minimum atomic E-state index is -0.952. The van der Waals surface area contributed by atoms with Gasteiger partial charge in [0.15, 0.2) is 0 Å². The van der Waals surface area contributed by atoms with Gasteiger partial charge in [-0.25, -0.2) is 4.79 Å². The van der Waals surface area contributed by atoms with Gasteiger partial charge in [0.2, 0.25) is 11.7 Å². The third kappa shape index (κ3) is 1.73. The van der Waals surface area contributed by atoms with Gasteiger partial charge in [0, 0.05) is 11.5 Å². The molecule has 2 saturated carbocycles. The number of carbonyl (C=O) groups is 1. The molecule has 0 aliphatic heterocycles. The normalized spacial score (nSPS) is 27.3. The Labute approximate surface area is 115 Å². The monoisotopic (exact) mass is 270 g/mol. The van der Waals surface area contributed by atoms with Crippen LogP contribution < -0.4 is 0 Å². The lowest BCUT2D eigenvalue weighted by Crippen LogP contribution is -1.96. The predicted octanol–water partition coefficient (Wildman–Crippen LogP) is 2.95. The van der Waals surface area contributed by atoms with E-state index >= 15 is 0 Å². The lowest BCUT2D eigenvalue weighted by molar-refractivity contribution is 0.0697. The molecule has 5 heteroatoms. The number of hydrogen-bond donors (Lipinski definition) is 1. The molecule has 102 valence electrons. The Morgan fingerprint density at radius 3 is 2.85 bits per heavy atom. The molecule has 5 nitrogen and oxygen atoms in total. The van der Waals surface area contributed by atoms with Crippen LogP contribution in [-0.2, 0) is 0 Å². The highest BCUT2D eigenvalue weighted by Gasteiger charge is 2.56. The lowest BCUT2D eigenvalue weighted by atomic mass is 10.1. The van der Waals surface area contributed by atoms with Gasteiger partial charge in [-0.2, -0.15) is 4.98 Å². The van der Waals surface area contributed by atoms with Gasteiger partial charge in [-0.3, -0.25) is 0 Å². The van der Waals surface area contributed by atoms with Crippen molar-refractivity contribution in [3.8, 4) is 11.4 Å². The molecular formula is C15H14N2O3. The van der Waals surface area contributed by atoms with Crippen LogP contribution in [0.5, 0.6) is 0 Å². The van der Waals surface area contributed by atoms with Crippen LogP contribution >= 0.6 is 0 Å². The van der Waals surface area contributed by atoms with E-state index in [0.29, 0.717) is 17.3 Å². The molecule has 0 radical (unpaired) electrons. The fraction of sp³-hybridized carbons (Fsp3) is 0.400. The Morgan fingerprint density at radius 1 is 1.30 bits per heavy atom. The van der Waals surface area contributed by atoms with Crippen LogP contribution in [0.25, 0.3) is 11.4 Å². The zero-order chi connectivity index (χ0) is 13.7. The predicted molar refractivity (Wildman–Crippen MR) is 70.3 cm³/mol. The second-order valence-electron chi connectivity index (χ2n) is 5.63. The van der Waals surface area contributed by atoms with Crippen LogP contribution in [0, 0.1) is 11.8 Å². The van der Waals surface area contributed by atoms with Crippen LogP contribution in [0.15, 0.2) is 28.8 Å². The van der Waals surface area contributed by atoms with Crippen molar-refractivity contribution >= 4 is 5.97 Å². The number of hydrogen-bond acceptors (Lipinski definition) is 4. The van der Waals surface area contributed by atoms with Crippen molar-refractivity contribution in [3.05, 3.63) is 35.7 Å². The fourth-order valence-corrected chi connectivity index (χ4v) is 3.47. The molecule has 0 spiro atoms. The minimum absolute atomic E-state index is 0.233. The average Bonchev–Trinajstić information content (AvgIpc) is 2.90. The van der Waals surface area contributed by atoms with E-state index in [1.165, 1.54) is 19.3 Å². The van der Waals surface area contributed by atoms with Crippen LogP contribution in [0.4, 0.5) is 0 Å². The Bertz CT molecular complexity index is 669. The van der Waals surface area contributed by atoms with Gasteiger partial charge in [-0.05, 0) is 36.8 Å². The third-order valence-electron chi connectivity index (χ3n) is 4.50. The fourth-order valence-electron chi connectivity index (χ4n) is 3.47. The summed E-state index contributed by atoms with van der Waals surface area (Å²) >= 11 is 0. The maximum atomic E-state index is 11.0. The summed E-state index contributed by atoms with van der Waals surface area (Å²) in [6.45, 7) is 0. The number of carboxylic acids is 1. The van der Waals surface area contributed by atoms with E-state index in [1.807, 2.05) is 0 Å². The molecule has 1 heterocycles. The highest BCUT2D eigenvalue weighted by atomic mass is 16.5. The first kappa shape index (κ1) is 11.6. The van der Waals surface area contributed by atoms with Gasteiger partial charge in [-0.15, -0.1) is 0 Å². The summed E-state index contributed by atoms with van der Waals surface area (Å²) in [4.78, 5) is 15.4. The van der Waals surface area contributed by atoms with E-state index < -0.39 is 5.97 Å². The Balaban J connectivity index is 1.62. The van der Waals surface area contributed by atoms with Crippen molar-refractivity contribution < 1.29 is 14.4 Å². The summed E-state index contributed by atoms with van der Waals surface area (Å²) < 4.78 is 5.37. The zero-order valence-electron chi connectivity index (χ0n) is 10.8. The molecule has 2 fully saturated rings. The molecule has 0 saturated heterocycles. The zero-order valence-corrected chi connectivity index (χ0v) is 10.8. The van der Waals surface area contributed by atoms with Gasteiger partial charge in [0.25, 0.3) is 0 Å². The summed E-state index contributed by atoms with van der Waals surface area (Å²) in [5.74, 6) is 2.14. The van der Waals surface area contributed by atoms with Crippen LogP contribution in [0.2, 0.25) is 0 Å².